The average molecular weight is 299 g/mol. The number of carbonyl (C=O) groups excluding carboxylic acids is 1. The van der Waals surface area contributed by atoms with E-state index in [0.29, 0.717) is 22.6 Å². The highest BCUT2D eigenvalue weighted by atomic mass is 79.9. The number of aliphatic hydroxyl groups is 1. The van der Waals surface area contributed by atoms with Gasteiger partial charge in [0, 0.05) is 12.7 Å². The second-order valence-electron chi connectivity index (χ2n) is 4.38. The predicted molar refractivity (Wildman–Crippen MR) is 67.6 cm³/mol. The van der Waals surface area contributed by atoms with Gasteiger partial charge in [0.05, 0.1) is 18.2 Å². The predicted octanol–water partition coefficient (Wildman–Crippen LogP) is 1.69. The molecule has 1 N–H and O–H groups in total. The van der Waals surface area contributed by atoms with Crippen molar-refractivity contribution in [2.75, 3.05) is 13.2 Å². The Morgan fingerprint density at radius 2 is 2.41 bits per heavy atom. The third kappa shape index (κ3) is 2.50. The Hall–Kier alpha value is -0.940. The van der Waals surface area contributed by atoms with Crippen molar-refractivity contribution in [2.24, 2.45) is 5.92 Å². The number of hydrogen-bond donors (Lipinski definition) is 1. The van der Waals surface area contributed by atoms with E-state index < -0.39 is 0 Å². The summed E-state index contributed by atoms with van der Waals surface area (Å²) in [6.45, 7) is 2.80. The largest absolute Gasteiger partial charge is 0.394 e. The topological polar surface area (TPSA) is 53.4 Å². The van der Waals surface area contributed by atoms with Crippen LogP contribution in [0.5, 0.6) is 0 Å². The number of nitrogens with zero attached hydrogens (tertiary/aromatic N) is 2. The summed E-state index contributed by atoms with van der Waals surface area (Å²) in [5, 5.41) is 9.33. The van der Waals surface area contributed by atoms with Crippen LogP contribution in [-0.4, -0.2) is 40.1 Å². The first kappa shape index (κ1) is 12.5. The number of likely N-dealkylation sites (tertiary alicyclic amines) is 1. The van der Waals surface area contributed by atoms with Crippen molar-refractivity contribution in [2.45, 2.75) is 19.4 Å². The van der Waals surface area contributed by atoms with Gasteiger partial charge in [-0.05, 0) is 40.4 Å². The molecule has 0 aromatic carbocycles. The Morgan fingerprint density at radius 3 is 3.00 bits per heavy atom. The first-order chi connectivity index (χ1) is 8.13. The molecule has 92 valence electrons. The van der Waals surface area contributed by atoms with Gasteiger partial charge in [-0.25, -0.2) is 4.98 Å². The molecule has 2 unspecified atom stereocenters. The molecule has 0 spiro atoms. The summed E-state index contributed by atoms with van der Waals surface area (Å²) in [5.74, 6) is 0.306. The van der Waals surface area contributed by atoms with Crippen LogP contribution < -0.4 is 0 Å². The van der Waals surface area contributed by atoms with Crippen LogP contribution in [0, 0.1) is 5.92 Å². The minimum atomic E-state index is -0.0638. The average Bonchev–Trinajstić information content (AvgIpc) is 2.70. The third-order valence-electron chi connectivity index (χ3n) is 3.30. The van der Waals surface area contributed by atoms with Crippen LogP contribution in [0.3, 0.4) is 0 Å². The van der Waals surface area contributed by atoms with Crippen LogP contribution in [-0.2, 0) is 0 Å². The summed E-state index contributed by atoms with van der Waals surface area (Å²) in [7, 11) is 0. The van der Waals surface area contributed by atoms with Crippen LogP contribution in [0.1, 0.15) is 23.7 Å². The van der Waals surface area contributed by atoms with Gasteiger partial charge in [0.2, 0.25) is 0 Å². The SMILES string of the molecule is CC1CCN(C(=O)c2ccc(Br)nc2)C1CO. The number of rotatable bonds is 2. The van der Waals surface area contributed by atoms with Crippen LogP contribution >= 0.6 is 15.9 Å². The molecule has 2 atom stereocenters. The highest BCUT2D eigenvalue weighted by Crippen LogP contribution is 2.25. The smallest absolute Gasteiger partial charge is 0.255 e. The molecule has 5 heteroatoms. The first-order valence-electron chi connectivity index (χ1n) is 5.67. The summed E-state index contributed by atoms with van der Waals surface area (Å²) < 4.78 is 0.711. The molecule has 1 saturated heterocycles. The maximum absolute atomic E-state index is 12.2. The molecule has 2 heterocycles. The highest BCUT2D eigenvalue weighted by Gasteiger charge is 2.34. The fourth-order valence-corrected chi connectivity index (χ4v) is 2.44. The summed E-state index contributed by atoms with van der Waals surface area (Å²) >= 11 is 3.24. The van der Waals surface area contributed by atoms with E-state index in [1.165, 1.54) is 0 Å². The Bertz CT molecular complexity index is 407. The minimum Gasteiger partial charge on any atom is -0.394 e. The van der Waals surface area contributed by atoms with Crippen molar-refractivity contribution in [3.8, 4) is 0 Å². The molecule has 1 aromatic rings. The van der Waals surface area contributed by atoms with Crippen molar-refractivity contribution in [1.29, 1.82) is 0 Å². The molecule has 0 saturated carbocycles. The van der Waals surface area contributed by atoms with Gasteiger partial charge in [-0.1, -0.05) is 6.92 Å². The van der Waals surface area contributed by atoms with Crippen molar-refractivity contribution in [3.05, 3.63) is 28.5 Å². The second-order valence-corrected chi connectivity index (χ2v) is 5.20. The van der Waals surface area contributed by atoms with Crippen LogP contribution in [0.15, 0.2) is 22.9 Å². The van der Waals surface area contributed by atoms with E-state index in [9.17, 15) is 9.90 Å². The van der Waals surface area contributed by atoms with Gasteiger partial charge in [0.1, 0.15) is 4.60 Å². The van der Waals surface area contributed by atoms with Crippen molar-refractivity contribution >= 4 is 21.8 Å². The number of aliphatic hydroxyl groups excluding tert-OH is 1. The normalized spacial score (nSPS) is 24.1. The zero-order valence-electron chi connectivity index (χ0n) is 9.64. The van der Waals surface area contributed by atoms with E-state index in [2.05, 4.69) is 27.8 Å². The van der Waals surface area contributed by atoms with E-state index in [1.807, 2.05) is 0 Å². The molecular formula is C12H15BrN2O2. The van der Waals surface area contributed by atoms with Gasteiger partial charge in [-0.3, -0.25) is 4.79 Å². The fraction of sp³-hybridized carbons (Fsp3) is 0.500. The second kappa shape index (κ2) is 5.14. The van der Waals surface area contributed by atoms with Gasteiger partial charge in [0.25, 0.3) is 5.91 Å². The Kier molecular flexibility index (Phi) is 3.79. The van der Waals surface area contributed by atoms with Crippen LogP contribution in [0.2, 0.25) is 0 Å². The number of aromatic nitrogens is 1. The maximum Gasteiger partial charge on any atom is 0.255 e. The van der Waals surface area contributed by atoms with Crippen molar-refractivity contribution in [1.82, 2.24) is 9.88 Å². The Labute approximate surface area is 109 Å². The summed E-state index contributed by atoms with van der Waals surface area (Å²) in [5.41, 5.74) is 0.570. The standard InChI is InChI=1S/C12H15BrN2O2/c1-8-4-5-15(10(8)7-16)12(17)9-2-3-11(13)14-6-9/h2-3,6,8,10,16H,4-5,7H2,1H3. The number of amides is 1. The Morgan fingerprint density at radius 1 is 1.65 bits per heavy atom. The molecule has 0 radical (unpaired) electrons. The summed E-state index contributed by atoms with van der Waals surface area (Å²) in [4.78, 5) is 18.0. The quantitative estimate of drug-likeness (QED) is 0.846. The number of pyridine rings is 1. The molecule has 0 bridgehead atoms. The molecule has 1 amide bonds. The summed E-state index contributed by atoms with van der Waals surface area (Å²) in [6, 6.07) is 3.43. The number of hydrogen-bond acceptors (Lipinski definition) is 3. The summed E-state index contributed by atoms with van der Waals surface area (Å²) in [6.07, 6.45) is 2.50. The van der Waals surface area contributed by atoms with E-state index in [1.54, 1.807) is 23.2 Å². The van der Waals surface area contributed by atoms with Gasteiger partial charge in [-0.2, -0.15) is 0 Å². The maximum atomic E-state index is 12.2. The van der Waals surface area contributed by atoms with Gasteiger partial charge in [0.15, 0.2) is 0 Å². The molecular weight excluding hydrogens is 284 g/mol. The number of halogens is 1. The van der Waals surface area contributed by atoms with Crippen LogP contribution in [0.25, 0.3) is 0 Å². The lowest BCUT2D eigenvalue weighted by atomic mass is 10.0. The van der Waals surface area contributed by atoms with E-state index in [0.717, 1.165) is 6.42 Å². The number of carbonyl (C=O) groups is 1. The van der Waals surface area contributed by atoms with Crippen molar-refractivity contribution in [3.63, 3.8) is 0 Å². The highest BCUT2D eigenvalue weighted by molar-refractivity contribution is 9.10. The van der Waals surface area contributed by atoms with Crippen molar-refractivity contribution < 1.29 is 9.90 Å². The minimum absolute atomic E-state index is 0.0247. The molecule has 4 nitrogen and oxygen atoms in total. The molecule has 2 rings (SSSR count). The zero-order valence-corrected chi connectivity index (χ0v) is 11.2. The van der Waals surface area contributed by atoms with E-state index in [4.69, 9.17) is 0 Å². The van der Waals surface area contributed by atoms with E-state index in [-0.39, 0.29) is 18.6 Å². The third-order valence-corrected chi connectivity index (χ3v) is 3.77. The molecule has 0 aliphatic carbocycles. The van der Waals surface area contributed by atoms with Gasteiger partial charge in [-0.15, -0.1) is 0 Å². The van der Waals surface area contributed by atoms with Gasteiger partial charge >= 0.3 is 0 Å². The lowest BCUT2D eigenvalue weighted by Crippen LogP contribution is -2.39. The van der Waals surface area contributed by atoms with Gasteiger partial charge < -0.3 is 10.0 Å². The molecule has 1 aliphatic rings. The Balaban J connectivity index is 2.17. The first-order valence-corrected chi connectivity index (χ1v) is 6.46. The van der Waals surface area contributed by atoms with Crippen LogP contribution in [0.4, 0.5) is 0 Å². The fourth-order valence-electron chi connectivity index (χ4n) is 2.21. The van der Waals surface area contributed by atoms with E-state index >= 15 is 0 Å². The molecule has 17 heavy (non-hydrogen) atoms. The monoisotopic (exact) mass is 298 g/mol. The molecule has 1 aromatic heterocycles. The zero-order chi connectivity index (χ0) is 12.4. The molecule has 1 aliphatic heterocycles. The lowest BCUT2D eigenvalue weighted by Gasteiger charge is -2.25. The lowest BCUT2D eigenvalue weighted by molar-refractivity contribution is 0.0647. The molecule has 1 fully saturated rings.